The van der Waals surface area contributed by atoms with E-state index in [2.05, 4.69) is 10.3 Å². The van der Waals surface area contributed by atoms with Gasteiger partial charge in [0, 0.05) is 13.0 Å². The van der Waals surface area contributed by atoms with Gasteiger partial charge in [0.25, 0.3) is 0 Å². The summed E-state index contributed by atoms with van der Waals surface area (Å²) in [6, 6.07) is 0. The van der Waals surface area contributed by atoms with E-state index in [1.54, 1.807) is 0 Å². The van der Waals surface area contributed by atoms with Crippen LogP contribution in [0.2, 0.25) is 0 Å². The number of carbonyl (C=O) groups is 1. The molecule has 0 aliphatic carbocycles. The Morgan fingerprint density at radius 3 is 2.87 bits per heavy atom. The topological polar surface area (TPSA) is 84.4 Å². The monoisotopic (exact) mass is 214 g/mol. The van der Waals surface area contributed by atoms with Gasteiger partial charge in [0.1, 0.15) is 0 Å². The Morgan fingerprint density at radius 2 is 2.27 bits per heavy atom. The molecule has 0 bridgehead atoms. The van der Waals surface area contributed by atoms with Crippen molar-refractivity contribution in [2.24, 2.45) is 17.5 Å². The van der Waals surface area contributed by atoms with Gasteiger partial charge in [0.15, 0.2) is 0 Å². The van der Waals surface area contributed by atoms with Crippen molar-refractivity contribution in [1.29, 1.82) is 0 Å². The highest BCUT2D eigenvalue weighted by Gasteiger charge is 2.20. The van der Waals surface area contributed by atoms with Gasteiger partial charge in [-0.25, -0.2) is 5.84 Å². The molecular formula is C10H22N4O. The smallest absolute Gasteiger partial charge is 0.233 e. The summed E-state index contributed by atoms with van der Waals surface area (Å²) in [5.74, 6) is 5.59. The number of rotatable bonds is 6. The summed E-state index contributed by atoms with van der Waals surface area (Å²) >= 11 is 0. The largest absolute Gasteiger partial charge is 0.330 e. The number of nitrogens with zero attached hydrogens (tertiary/aromatic N) is 1. The molecule has 5 nitrogen and oxygen atoms in total. The van der Waals surface area contributed by atoms with Gasteiger partial charge in [0.2, 0.25) is 5.91 Å². The highest BCUT2D eigenvalue weighted by Crippen LogP contribution is 2.15. The van der Waals surface area contributed by atoms with Crippen LogP contribution in [0.25, 0.3) is 0 Å². The second-order valence-corrected chi connectivity index (χ2v) is 4.22. The molecule has 1 rings (SSSR count). The summed E-state index contributed by atoms with van der Waals surface area (Å²) in [7, 11) is 0. The molecule has 1 unspecified atom stereocenters. The van der Waals surface area contributed by atoms with Gasteiger partial charge in [-0.1, -0.05) is 0 Å². The van der Waals surface area contributed by atoms with Crippen LogP contribution in [0.1, 0.15) is 25.7 Å². The number of amides is 1. The van der Waals surface area contributed by atoms with Crippen LogP contribution in [0.3, 0.4) is 0 Å². The fraction of sp³-hybridized carbons (Fsp3) is 0.900. The molecule has 1 amide bonds. The lowest BCUT2D eigenvalue weighted by Gasteiger charge is -2.14. The van der Waals surface area contributed by atoms with E-state index < -0.39 is 0 Å². The molecule has 15 heavy (non-hydrogen) atoms. The zero-order valence-corrected chi connectivity index (χ0v) is 9.24. The molecule has 1 heterocycles. The minimum absolute atomic E-state index is 0.0729. The van der Waals surface area contributed by atoms with Gasteiger partial charge in [-0.15, -0.1) is 0 Å². The van der Waals surface area contributed by atoms with Crippen LogP contribution < -0.4 is 17.0 Å². The quantitative estimate of drug-likeness (QED) is 0.239. The van der Waals surface area contributed by atoms with Gasteiger partial charge in [-0.3, -0.25) is 10.2 Å². The lowest BCUT2D eigenvalue weighted by Crippen LogP contribution is -2.30. The fourth-order valence-electron chi connectivity index (χ4n) is 2.00. The Balaban J connectivity index is 1.99. The first-order valence-electron chi connectivity index (χ1n) is 5.68. The van der Waals surface area contributed by atoms with Gasteiger partial charge in [-0.2, -0.15) is 0 Å². The summed E-state index contributed by atoms with van der Waals surface area (Å²) in [5, 5.41) is 0. The summed E-state index contributed by atoms with van der Waals surface area (Å²) in [6.45, 7) is 4.16. The number of hydrogen-bond acceptors (Lipinski definition) is 4. The number of unbranched alkanes of at least 4 members (excludes halogenated alkanes) is 1. The number of hydrazine groups is 1. The molecule has 5 heteroatoms. The van der Waals surface area contributed by atoms with Crippen molar-refractivity contribution in [1.82, 2.24) is 10.3 Å². The number of carbonyl (C=O) groups excluding carboxylic acids is 1. The molecule has 0 aromatic carbocycles. The van der Waals surface area contributed by atoms with Crippen molar-refractivity contribution >= 4 is 5.91 Å². The maximum absolute atomic E-state index is 10.8. The normalized spacial score (nSPS) is 21.9. The van der Waals surface area contributed by atoms with Crippen LogP contribution in [0.4, 0.5) is 0 Å². The lowest BCUT2D eigenvalue weighted by atomic mass is 10.1. The third-order valence-corrected chi connectivity index (χ3v) is 2.99. The molecule has 0 spiro atoms. The average Bonchev–Trinajstić information content (AvgIpc) is 2.72. The molecule has 1 atom stereocenters. The van der Waals surface area contributed by atoms with Crippen LogP contribution in [0, 0.1) is 5.92 Å². The first kappa shape index (κ1) is 12.4. The van der Waals surface area contributed by atoms with Crippen molar-refractivity contribution < 1.29 is 4.79 Å². The predicted octanol–water partition coefficient (Wildman–Crippen LogP) is -0.573. The first-order chi connectivity index (χ1) is 7.26. The Kier molecular flexibility index (Phi) is 5.60. The van der Waals surface area contributed by atoms with Crippen molar-refractivity contribution in [3.8, 4) is 0 Å². The maximum atomic E-state index is 10.8. The van der Waals surface area contributed by atoms with E-state index in [-0.39, 0.29) is 5.91 Å². The molecule has 1 aliphatic rings. The first-order valence-corrected chi connectivity index (χ1v) is 5.68. The summed E-state index contributed by atoms with van der Waals surface area (Å²) in [5.41, 5.74) is 7.76. The molecule has 0 aromatic heterocycles. The molecule has 1 saturated heterocycles. The fourth-order valence-corrected chi connectivity index (χ4v) is 2.00. The second kappa shape index (κ2) is 6.76. The van der Waals surface area contributed by atoms with Gasteiger partial charge in [0.05, 0.1) is 0 Å². The highest BCUT2D eigenvalue weighted by atomic mass is 16.2. The number of hydrogen-bond donors (Lipinski definition) is 3. The van der Waals surface area contributed by atoms with E-state index in [0.717, 1.165) is 39.0 Å². The molecule has 88 valence electrons. The molecule has 0 saturated carbocycles. The van der Waals surface area contributed by atoms with Gasteiger partial charge >= 0.3 is 0 Å². The Bertz CT molecular complexity index is 198. The highest BCUT2D eigenvalue weighted by molar-refractivity contribution is 5.75. The molecule has 1 aliphatic heterocycles. The zero-order chi connectivity index (χ0) is 11.1. The Morgan fingerprint density at radius 1 is 1.47 bits per heavy atom. The third kappa shape index (κ3) is 4.59. The van der Waals surface area contributed by atoms with Crippen molar-refractivity contribution in [2.75, 3.05) is 26.2 Å². The van der Waals surface area contributed by atoms with E-state index in [1.165, 1.54) is 6.42 Å². The lowest BCUT2D eigenvalue weighted by molar-refractivity contribution is -0.121. The molecule has 5 N–H and O–H groups in total. The number of nitrogens with two attached hydrogens (primary N) is 2. The SMILES string of the molecule is NCC1CCN(CCCCC(=O)NN)C1. The van der Waals surface area contributed by atoms with E-state index in [9.17, 15) is 4.79 Å². The minimum Gasteiger partial charge on any atom is -0.330 e. The van der Waals surface area contributed by atoms with Crippen LogP contribution in [-0.2, 0) is 4.79 Å². The predicted molar refractivity (Wildman–Crippen MR) is 59.8 cm³/mol. The van der Waals surface area contributed by atoms with E-state index in [4.69, 9.17) is 11.6 Å². The van der Waals surface area contributed by atoms with E-state index >= 15 is 0 Å². The van der Waals surface area contributed by atoms with Crippen LogP contribution >= 0.6 is 0 Å². The summed E-state index contributed by atoms with van der Waals surface area (Å²) in [4.78, 5) is 13.3. The Labute approximate surface area is 91.1 Å². The number of nitrogens with one attached hydrogen (secondary N) is 1. The van der Waals surface area contributed by atoms with E-state index in [1.807, 2.05) is 0 Å². The van der Waals surface area contributed by atoms with Crippen LogP contribution in [0.15, 0.2) is 0 Å². The number of likely N-dealkylation sites (tertiary alicyclic amines) is 1. The molecule has 0 aromatic rings. The Hall–Kier alpha value is -0.650. The van der Waals surface area contributed by atoms with Crippen LogP contribution in [0.5, 0.6) is 0 Å². The van der Waals surface area contributed by atoms with E-state index in [0.29, 0.717) is 12.3 Å². The maximum Gasteiger partial charge on any atom is 0.233 e. The standard InChI is InChI=1S/C10H22N4O/c11-7-9-4-6-14(8-9)5-2-1-3-10(15)13-12/h9H,1-8,11-12H2,(H,13,15). The third-order valence-electron chi connectivity index (χ3n) is 2.99. The van der Waals surface area contributed by atoms with Crippen molar-refractivity contribution in [3.05, 3.63) is 0 Å². The van der Waals surface area contributed by atoms with Crippen molar-refractivity contribution in [3.63, 3.8) is 0 Å². The van der Waals surface area contributed by atoms with Gasteiger partial charge in [-0.05, 0) is 44.8 Å². The summed E-state index contributed by atoms with van der Waals surface area (Å²) < 4.78 is 0. The van der Waals surface area contributed by atoms with Crippen LogP contribution in [-0.4, -0.2) is 37.0 Å². The average molecular weight is 214 g/mol. The molecular weight excluding hydrogens is 192 g/mol. The molecule has 0 radical (unpaired) electrons. The minimum atomic E-state index is -0.0729. The molecule has 1 fully saturated rings. The zero-order valence-electron chi connectivity index (χ0n) is 9.24. The van der Waals surface area contributed by atoms with Crippen molar-refractivity contribution in [2.45, 2.75) is 25.7 Å². The second-order valence-electron chi connectivity index (χ2n) is 4.22. The summed E-state index contributed by atoms with van der Waals surface area (Å²) in [6.07, 6.45) is 3.72. The van der Waals surface area contributed by atoms with Gasteiger partial charge < -0.3 is 10.6 Å².